The predicted molar refractivity (Wildman–Crippen MR) is 46.6 cm³/mol. The molecule has 0 saturated carbocycles. The fourth-order valence-electron chi connectivity index (χ4n) is 0.542. The van der Waals surface area contributed by atoms with E-state index in [-0.39, 0.29) is 5.91 Å². The standard InChI is InChI=1S/C8H14N2O/c1-3-6-10-7-4-5-8(11)9-2/h3,6-7H,4-5H2,1-2H3,(H,9,11)/b6-3-,10-7?. The molecule has 0 aromatic rings. The summed E-state index contributed by atoms with van der Waals surface area (Å²) in [7, 11) is 1.63. The van der Waals surface area contributed by atoms with Gasteiger partial charge in [0.1, 0.15) is 0 Å². The van der Waals surface area contributed by atoms with Crippen LogP contribution < -0.4 is 5.32 Å². The van der Waals surface area contributed by atoms with Gasteiger partial charge in [-0.1, -0.05) is 6.08 Å². The lowest BCUT2D eigenvalue weighted by atomic mass is 10.3. The highest BCUT2D eigenvalue weighted by Crippen LogP contribution is 1.84. The summed E-state index contributed by atoms with van der Waals surface area (Å²) < 4.78 is 0. The molecule has 0 heterocycles. The first kappa shape index (κ1) is 9.88. The Bertz CT molecular complexity index is 161. The summed E-state index contributed by atoms with van der Waals surface area (Å²) in [6.45, 7) is 1.90. The second kappa shape index (κ2) is 6.99. The molecular formula is C8H14N2O. The Morgan fingerprint density at radius 3 is 2.91 bits per heavy atom. The van der Waals surface area contributed by atoms with Crippen LogP contribution in [0.25, 0.3) is 0 Å². The van der Waals surface area contributed by atoms with Crippen LogP contribution in [0.2, 0.25) is 0 Å². The highest BCUT2D eigenvalue weighted by molar-refractivity contribution is 5.78. The van der Waals surface area contributed by atoms with Gasteiger partial charge in [0, 0.05) is 25.9 Å². The Hall–Kier alpha value is -1.12. The fourth-order valence-corrected chi connectivity index (χ4v) is 0.542. The number of amides is 1. The van der Waals surface area contributed by atoms with Crippen LogP contribution >= 0.6 is 0 Å². The normalized spacial score (nSPS) is 11.1. The van der Waals surface area contributed by atoms with Crippen molar-refractivity contribution in [3.63, 3.8) is 0 Å². The van der Waals surface area contributed by atoms with E-state index >= 15 is 0 Å². The summed E-state index contributed by atoms with van der Waals surface area (Å²) in [5.41, 5.74) is 0. The average molecular weight is 154 g/mol. The zero-order chi connectivity index (χ0) is 8.53. The number of hydrogen-bond acceptors (Lipinski definition) is 2. The molecule has 0 fully saturated rings. The molecule has 0 aliphatic heterocycles. The summed E-state index contributed by atoms with van der Waals surface area (Å²) in [5, 5.41) is 2.54. The molecule has 0 rings (SSSR count). The van der Waals surface area contributed by atoms with E-state index in [9.17, 15) is 4.79 Å². The maximum Gasteiger partial charge on any atom is 0.220 e. The van der Waals surface area contributed by atoms with E-state index < -0.39 is 0 Å². The van der Waals surface area contributed by atoms with Gasteiger partial charge in [-0.05, 0) is 13.3 Å². The minimum atomic E-state index is 0.0527. The van der Waals surface area contributed by atoms with Crippen LogP contribution in [0.5, 0.6) is 0 Å². The van der Waals surface area contributed by atoms with Gasteiger partial charge in [0.2, 0.25) is 5.91 Å². The molecule has 0 aliphatic carbocycles. The van der Waals surface area contributed by atoms with Crippen molar-refractivity contribution in [2.75, 3.05) is 7.05 Å². The monoisotopic (exact) mass is 154 g/mol. The van der Waals surface area contributed by atoms with Crippen molar-refractivity contribution >= 4 is 12.1 Å². The SMILES string of the molecule is C/C=C\N=CCCC(=O)NC. The largest absolute Gasteiger partial charge is 0.359 e. The topological polar surface area (TPSA) is 41.5 Å². The van der Waals surface area contributed by atoms with Crippen molar-refractivity contribution < 1.29 is 4.79 Å². The Morgan fingerprint density at radius 1 is 1.64 bits per heavy atom. The van der Waals surface area contributed by atoms with Crippen molar-refractivity contribution in [3.8, 4) is 0 Å². The summed E-state index contributed by atoms with van der Waals surface area (Å²) in [5.74, 6) is 0.0527. The van der Waals surface area contributed by atoms with Gasteiger partial charge in [-0.15, -0.1) is 0 Å². The Labute approximate surface area is 67.2 Å². The molecule has 0 bridgehead atoms. The van der Waals surface area contributed by atoms with Gasteiger partial charge in [0.05, 0.1) is 0 Å². The van der Waals surface area contributed by atoms with Crippen molar-refractivity contribution in [1.82, 2.24) is 5.32 Å². The molecule has 11 heavy (non-hydrogen) atoms. The Kier molecular flexibility index (Phi) is 6.28. The van der Waals surface area contributed by atoms with Gasteiger partial charge in [-0.2, -0.15) is 0 Å². The third-order valence-corrected chi connectivity index (χ3v) is 1.12. The molecule has 3 nitrogen and oxygen atoms in total. The number of nitrogens with zero attached hydrogens (tertiary/aromatic N) is 1. The zero-order valence-electron chi connectivity index (χ0n) is 7.00. The molecule has 0 aliphatic rings. The first-order chi connectivity index (χ1) is 5.31. The summed E-state index contributed by atoms with van der Waals surface area (Å²) in [6.07, 6.45) is 6.48. The molecular weight excluding hydrogens is 140 g/mol. The van der Waals surface area contributed by atoms with Crippen molar-refractivity contribution in [1.29, 1.82) is 0 Å². The molecule has 0 spiro atoms. The molecule has 0 aromatic carbocycles. The minimum absolute atomic E-state index is 0.0527. The van der Waals surface area contributed by atoms with Crippen LogP contribution in [0.1, 0.15) is 19.8 Å². The smallest absolute Gasteiger partial charge is 0.220 e. The molecule has 0 radical (unpaired) electrons. The van der Waals surface area contributed by atoms with Crippen LogP contribution in [0.4, 0.5) is 0 Å². The summed E-state index contributed by atoms with van der Waals surface area (Å²) in [6, 6.07) is 0. The number of nitrogens with one attached hydrogen (secondary N) is 1. The molecule has 0 aromatic heterocycles. The van der Waals surface area contributed by atoms with Gasteiger partial charge < -0.3 is 5.32 Å². The predicted octanol–water partition coefficient (Wildman–Crippen LogP) is 1.12. The van der Waals surface area contributed by atoms with E-state index in [1.54, 1.807) is 19.5 Å². The van der Waals surface area contributed by atoms with Gasteiger partial charge in [0.25, 0.3) is 0 Å². The Balaban J connectivity index is 3.33. The molecule has 62 valence electrons. The number of rotatable bonds is 4. The highest BCUT2D eigenvalue weighted by atomic mass is 16.1. The van der Waals surface area contributed by atoms with Gasteiger partial charge in [-0.25, -0.2) is 0 Å². The van der Waals surface area contributed by atoms with E-state index in [0.29, 0.717) is 12.8 Å². The lowest BCUT2D eigenvalue weighted by Crippen LogP contribution is -2.16. The van der Waals surface area contributed by atoms with E-state index in [1.165, 1.54) is 0 Å². The lowest BCUT2D eigenvalue weighted by Gasteiger charge is -1.92. The molecule has 0 unspecified atom stereocenters. The third kappa shape index (κ3) is 6.77. The molecule has 1 N–H and O–H groups in total. The lowest BCUT2D eigenvalue weighted by molar-refractivity contribution is -0.120. The molecule has 0 saturated heterocycles. The van der Waals surface area contributed by atoms with E-state index in [4.69, 9.17) is 0 Å². The van der Waals surface area contributed by atoms with Crippen LogP contribution in [0.3, 0.4) is 0 Å². The first-order valence-electron chi connectivity index (χ1n) is 3.64. The molecule has 0 atom stereocenters. The third-order valence-electron chi connectivity index (χ3n) is 1.12. The van der Waals surface area contributed by atoms with Crippen molar-refractivity contribution in [2.45, 2.75) is 19.8 Å². The van der Waals surface area contributed by atoms with Gasteiger partial charge in [0.15, 0.2) is 0 Å². The number of aliphatic imine (C=N–C) groups is 1. The van der Waals surface area contributed by atoms with Crippen molar-refractivity contribution in [3.05, 3.63) is 12.3 Å². The second-order valence-corrected chi connectivity index (χ2v) is 2.03. The maximum absolute atomic E-state index is 10.7. The summed E-state index contributed by atoms with van der Waals surface area (Å²) >= 11 is 0. The highest BCUT2D eigenvalue weighted by Gasteiger charge is 1.92. The summed E-state index contributed by atoms with van der Waals surface area (Å²) in [4.78, 5) is 14.6. The quantitative estimate of drug-likeness (QED) is 0.606. The number of carbonyl (C=O) groups is 1. The minimum Gasteiger partial charge on any atom is -0.359 e. The molecule has 3 heteroatoms. The van der Waals surface area contributed by atoms with Crippen LogP contribution in [-0.2, 0) is 4.79 Å². The van der Waals surface area contributed by atoms with Gasteiger partial charge >= 0.3 is 0 Å². The van der Waals surface area contributed by atoms with E-state index in [2.05, 4.69) is 10.3 Å². The first-order valence-corrected chi connectivity index (χ1v) is 3.64. The average Bonchev–Trinajstić information content (AvgIpc) is 2.04. The number of hydrogen-bond donors (Lipinski definition) is 1. The van der Waals surface area contributed by atoms with E-state index in [1.807, 2.05) is 13.0 Å². The maximum atomic E-state index is 10.7. The number of allylic oxidation sites excluding steroid dienone is 1. The Morgan fingerprint density at radius 2 is 2.36 bits per heavy atom. The van der Waals surface area contributed by atoms with E-state index in [0.717, 1.165) is 0 Å². The van der Waals surface area contributed by atoms with Crippen LogP contribution in [-0.4, -0.2) is 19.2 Å². The van der Waals surface area contributed by atoms with Gasteiger partial charge in [-0.3, -0.25) is 9.79 Å². The molecule has 1 amide bonds. The second-order valence-electron chi connectivity index (χ2n) is 2.03. The zero-order valence-corrected chi connectivity index (χ0v) is 7.00. The number of carbonyl (C=O) groups excluding carboxylic acids is 1. The van der Waals surface area contributed by atoms with Crippen molar-refractivity contribution in [2.24, 2.45) is 4.99 Å². The van der Waals surface area contributed by atoms with Crippen LogP contribution in [0.15, 0.2) is 17.3 Å². The fraction of sp³-hybridized carbons (Fsp3) is 0.500. The van der Waals surface area contributed by atoms with Crippen LogP contribution in [0, 0.1) is 0 Å².